The number of nitrogens with two attached hydrogens (primary N) is 1. The van der Waals surface area contributed by atoms with Gasteiger partial charge in [0.1, 0.15) is 11.6 Å². The number of aromatic nitrogens is 2. The van der Waals surface area contributed by atoms with Gasteiger partial charge in [-0.15, -0.1) is 0 Å². The predicted molar refractivity (Wildman–Crippen MR) is 73.3 cm³/mol. The van der Waals surface area contributed by atoms with E-state index in [9.17, 15) is 4.79 Å². The Morgan fingerprint density at radius 2 is 2.00 bits per heavy atom. The van der Waals surface area contributed by atoms with Gasteiger partial charge in [0.15, 0.2) is 5.69 Å². The number of hydrogen-bond donors (Lipinski definition) is 1. The summed E-state index contributed by atoms with van der Waals surface area (Å²) in [6.45, 7) is 4.02. The minimum atomic E-state index is -0.482. The number of anilines is 1. The Balaban J connectivity index is 2.52. The average molecular weight is 259 g/mol. The van der Waals surface area contributed by atoms with Crippen LogP contribution in [0.4, 0.5) is 5.82 Å². The van der Waals surface area contributed by atoms with Crippen LogP contribution in [-0.2, 0) is 11.2 Å². The molecule has 0 atom stereocenters. The van der Waals surface area contributed by atoms with Gasteiger partial charge in [0.25, 0.3) is 0 Å². The van der Waals surface area contributed by atoms with Crippen molar-refractivity contribution in [2.75, 3.05) is 12.3 Å². The van der Waals surface area contributed by atoms with Crippen molar-refractivity contribution in [3.63, 3.8) is 0 Å². The van der Waals surface area contributed by atoms with Crippen molar-refractivity contribution in [2.24, 2.45) is 0 Å². The number of aryl methyl sites for hydroxylation is 1. The molecular formula is C14H17N3O2. The van der Waals surface area contributed by atoms with Crippen LogP contribution in [0.15, 0.2) is 30.3 Å². The van der Waals surface area contributed by atoms with Crippen molar-refractivity contribution in [1.29, 1.82) is 0 Å². The Morgan fingerprint density at radius 3 is 2.58 bits per heavy atom. The van der Waals surface area contributed by atoms with Gasteiger partial charge in [0.05, 0.1) is 6.61 Å². The number of esters is 1. The Bertz CT molecular complexity index is 576. The summed E-state index contributed by atoms with van der Waals surface area (Å²) in [7, 11) is 0. The molecule has 2 N–H and O–H groups in total. The molecule has 0 saturated heterocycles. The lowest BCUT2D eigenvalue weighted by Crippen LogP contribution is -2.09. The largest absolute Gasteiger partial charge is 0.461 e. The van der Waals surface area contributed by atoms with Gasteiger partial charge in [-0.05, 0) is 19.1 Å². The van der Waals surface area contributed by atoms with Gasteiger partial charge in [-0.1, -0.05) is 25.1 Å². The summed E-state index contributed by atoms with van der Waals surface area (Å²) in [4.78, 5) is 16.1. The molecule has 0 aliphatic rings. The molecule has 0 bridgehead atoms. The van der Waals surface area contributed by atoms with Gasteiger partial charge in [0, 0.05) is 12.1 Å². The number of nitrogens with zero attached hydrogens (tertiary/aromatic N) is 2. The van der Waals surface area contributed by atoms with Crippen molar-refractivity contribution in [2.45, 2.75) is 20.3 Å². The van der Waals surface area contributed by atoms with Crippen LogP contribution in [0, 0.1) is 0 Å². The van der Waals surface area contributed by atoms with Crippen LogP contribution in [0.2, 0.25) is 0 Å². The van der Waals surface area contributed by atoms with E-state index in [0.29, 0.717) is 18.8 Å². The first kappa shape index (κ1) is 13.1. The van der Waals surface area contributed by atoms with Crippen molar-refractivity contribution < 1.29 is 9.53 Å². The number of para-hydroxylation sites is 1. The second-order valence-corrected chi connectivity index (χ2v) is 4.01. The number of benzene rings is 1. The maximum atomic E-state index is 11.8. The fourth-order valence-electron chi connectivity index (χ4n) is 1.93. The minimum absolute atomic E-state index is 0.183. The van der Waals surface area contributed by atoms with Gasteiger partial charge >= 0.3 is 5.97 Å². The smallest absolute Gasteiger partial charge is 0.360 e. The summed E-state index contributed by atoms with van der Waals surface area (Å²) in [6, 6.07) is 9.60. The summed E-state index contributed by atoms with van der Waals surface area (Å²) >= 11 is 0. The number of hydrogen-bond acceptors (Lipinski definition) is 4. The molecule has 0 unspecified atom stereocenters. The summed E-state index contributed by atoms with van der Waals surface area (Å²) in [5.41, 5.74) is 7.11. The van der Waals surface area contributed by atoms with Gasteiger partial charge in [-0.2, -0.15) is 0 Å². The van der Waals surface area contributed by atoms with Crippen LogP contribution in [-0.4, -0.2) is 22.1 Å². The number of carbonyl (C=O) groups excluding carboxylic acids is 1. The van der Waals surface area contributed by atoms with E-state index in [1.165, 1.54) is 0 Å². The standard InChI is InChI=1S/C14H17N3O2/c1-3-11-16-12(14(18)19-4-2)13(15)17(11)10-8-6-5-7-9-10/h5-9H,3-4,15H2,1-2H3. The summed E-state index contributed by atoms with van der Waals surface area (Å²) in [6.07, 6.45) is 0.679. The van der Waals surface area contributed by atoms with Crippen molar-refractivity contribution >= 4 is 11.8 Å². The molecule has 0 amide bonds. The number of nitrogen functional groups attached to an aromatic ring is 1. The quantitative estimate of drug-likeness (QED) is 0.854. The summed E-state index contributed by atoms with van der Waals surface area (Å²) < 4.78 is 6.75. The van der Waals surface area contributed by atoms with E-state index in [1.807, 2.05) is 37.3 Å². The molecule has 19 heavy (non-hydrogen) atoms. The van der Waals surface area contributed by atoms with Crippen LogP contribution >= 0.6 is 0 Å². The Hall–Kier alpha value is -2.30. The summed E-state index contributed by atoms with van der Waals surface area (Å²) in [5.74, 6) is 0.581. The maximum absolute atomic E-state index is 11.8. The van der Waals surface area contributed by atoms with Crippen molar-refractivity contribution in [3.8, 4) is 5.69 Å². The third kappa shape index (κ3) is 2.45. The zero-order valence-electron chi connectivity index (χ0n) is 11.1. The van der Waals surface area contributed by atoms with E-state index in [1.54, 1.807) is 11.5 Å². The second-order valence-electron chi connectivity index (χ2n) is 4.01. The molecule has 0 saturated carbocycles. The SMILES string of the molecule is CCOC(=O)c1nc(CC)n(-c2ccccc2)c1N. The van der Waals surface area contributed by atoms with Gasteiger partial charge in [-0.3, -0.25) is 4.57 Å². The van der Waals surface area contributed by atoms with Crippen LogP contribution in [0.3, 0.4) is 0 Å². The molecule has 5 heteroatoms. The molecule has 2 rings (SSSR count). The number of carbonyl (C=O) groups is 1. The second kappa shape index (κ2) is 5.56. The fourth-order valence-corrected chi connectivity index (χ4v) is 1.93. The monoisotopic (exact) mass is 259 g/mol. The van der Waals surface area contributed by atoms with Crippen LogP contribution in [0.1, 0.15) is 30.2 Å². The molecule has 0 aliphatic carbocycles. The topological polar surface area (TPSA) is 70.1 Å². The first-order valence-corrected chi connectivity index (χ1v) is 6.28. The Labute approximate surface area is 112 Å². The van der Waals surface area contributed by atoms with E-state index < -0.39 is 5.97 Å². The van der Waals surface area contributed by atoms with Crippen molar-refractivity contribution in [3.05, 3.63) is 41.9 Å². The van der Waals surface area contributed by atoms with E-state index in [4.69, 9.17) is 10.5 Å². The number of imidazole rings is 1. The van der Waals surface area contributed by atoms with E-state index in [2.05, 4.69) is 4.98 Å². The van der Waals surface area contributed by atoms with Gasteiger partial charge in [0.2, 0.25) is 0 Å². The summed E-state index contributed by atoms with van der Waals surface area (Å²) in [5, 5.41) is 0. The lowest BCUT2D eigenvalue weighted by Gasteiger charge is -2.08. The fraction of sp³-hybridized carbons (Fsp3) is 0.286. The highest BCUT2D eigenvalue weighted by Crippen LogP contribution is 2.21. The Kier molecular flexibility index (Phi) is 3.85. The van der Waals surface area contributed by atoms with E-state index in [-0.39, 0.29) is 5.69 Å². The van der Waals surface area contributed by atoms with E-state index in [0.717, 1.165) is 11.5 Å². The molecule has 0 spiro atoms. The van der Waals surface area contributed by atoms with Crippen LogP contribution in [0.5, 0.6) is 0 Å². The first-order chi connectivity index (χ1) is 9.19. The molecule has 0 radical (unpaired) electrons. The normalized spacial score (nSPS) is 10.4. The highest BCUT2D eigenvalue weighted by atomic mass is 16.5. The van der Waals surface area contributed by atoms with Gasteiger partial charge < -0.3 is 10.5 Å². The Morgan fingerprint density at radius 1 is 1.32 bits per heavy atom. The van der Waals surface area contributed by atoms with Crippen LogP contribution < -0.4 is 5.73 Å². The average Bonchev–Trinajstić information content (AvgIpc) is 2.77. The van der Waals surface area contributed by atoms with Crippen LogP contribution in [0.25, 0.3) is 5.69 Å². The molecule has 0 aliphatic heterocycles. The zero-order chi connectivity index (χ0) is 13.8. The molecule has 1 aromatic heterocycles. The predicted octanol–water partition coefficient (Wildman–Crippen LogP) is 2.19. The molecule has 0 fully saturated rings. The lowest BCUT2D eigenvalue weighted by molar-refractivity contribution is 0.0521. The molecule has 5 nitrogen and oxygen atoms in total. The van der Waals surface area contributed by atoms with Crippen molar-refractivity contribution in [1.82, 2.24) is 9.55 Å². The maximum Gasteiger partial charge on any atom is 0.360 e. The third-order valence-corrected chi connectivity index (χ3v) is 2.78. The lowest BCUT2D eigenvalue weighted by atomic mass is 10.3. The highest BCUT2D eigenvalue weighted by molar-refractivity contribution is 5.92. The number of ether oxygens (including phenoxy) is 1. The molecule has 1 aromatic carbocycles. The molecule has 100 valence electrons. The van der Waals surface area contributed by atoms with E-state index >= 15 is 0 Å². The molecular weight excluding hydrogens is 242 g/mol. The third-order valence-electron chi connectivity index (χ3n) is 2.78. The number of rotatable bonds is 4. The molecule has 1 heterocycles. The minimum Gasteiger partial charge on any atom is -0.461 e. The molecule has 2 aromatic rings. The van der Waals surface area contributed by atoms with Gasteiger partial charge in [-0.25, -0.2) is 9.78 Å². The first-order valence-electron chi connectivity index (χ1n) is 6.28. The highest BCUT2D eigenvalue weighted by Gasteiger charge is 2.21. The zero-order valence-corrected chi connectivity index (χ0v) is 11.1.